The number of hydrogen-bond acceptors (Lipinski definition) is 5. The molecule has 0 saturated carbocycles. The van der Waals surface area contributed by atoms with Crippen LogP contribution >= 0.6 is 27.3 Å². The zero-order chi connectivity index (χ0) is 13.2. The second-order valence-electron chi connectivity index (χ2n) is 4.60. The Bertz CT molecular complexity index is 554. The molecule has 4 nitrogen and oxygen atoms in total. The van der Waals surface area contributed by atoms with E-state index in [0.717, 1.165) is 34.8 Å². The summed E-state index contributed by atoms with van der Waals surface area (Å²) in [6.07, 6.45) is 4.97. The molecule has 1 unspecified atom stereocenters. The number of aromatic nitrogens is 2. The maximum absolute atomic E-state index is 4.49. The van der Waals surface area contributed by atoms with E-state index in [0.29, 0.717) is 6.04 Å². The Kier molecular flexibility index (Phi) is 3.81. The minimum Gasteiger partial charge on any atom is -0.339 e. The van der Waals surface area contributed by atoms with Crippen molar-refractivity contribution in [1.82, 2.24) is 15.3 Å². The van der Waals surface area contributed by atoms with Crippen molar-refractivity contribution in [3.8, 4) is 10.4 Å². The molecule has 100 valence electrons. The second kappa shape index (κ2) is 5.56. The Hall–Kier alpha value is -0.980. The summed E-state index contributed by atoms with van der Waals surface area (Å²) in [6, 6.07) is 4.68. The van der Waals surface area contributed by atoms with Gasteiger partial charge in [-0.15, -0.1) is 11.3 Å². The summed E-state index contributed by atoms with van der Waals surface area (Å²) in [7, 11) is 2.01. The van der Waals surface area contributed by atoms with Crippen molar-refractivity contribution in [2.75, 3.05) is 25.0 Å². The molecule has 2 aromatic rings. The highest BCUT2D eigenvalue weighted by Crippen LogP contribution is 2.30. The monoisotopic (exact) mass is 338 g/mol. The highest BCUT2D eigenvalue weighted by atomic mass is 79.9. The Morgan fingerprint density at radius 1 is 1.37 bits per heavy atom. The summed E-state index contributed by atoms with van der Waals surface area (Å²) in [6.45, 7) is 2.01. The van der Waals surface area contributed by atoms with Crippen LogP contribution in [0.2, 0.25) is 0 Å². The smallest absolute Gasteiger partial charge is 0.225 e. The first-order valence-corrected chi connectivity index (χ1v) is 7.87. The molecule has 0 radical (unpaired) electrons. The van der Waals surface area contributed by atoms with Crippen LogP contribution in [0.1, 0.15) is 6.42 Å². The molecule has 3 heterocycles. The molecule has 1 fully saturated rings. The molecule has 2 aromatic heterocycles. The SMILES string of the molecule is CNC1CCN(c2ncc(-c3ccc(Br)s3)cn2)C1. The molecule has 0 amide bonds. The predicted molar refractivity (Wildman–Crippen MR) is 82.7 cm³/mol. The summed E-state index contributed by atoms with van der Waals surface area (Å²) in [5.74, 6) is 0.831. The molecule has 1 aliphatic rings. The van der Waals surface area contributed by atoms with Crippen LogP contribution < -0.4 is 10.2 Å². The van der Waals surface area contributed by atoms with Crippen molar-refractivity contribution in [3.05, 3.63) is 28.3 Å². The lowest BCUT2D eigenvalue weighted by Gasteiger charge is -2.15. The van der Waals surface area contributed by atoms with Gasteiger partial charge in [-0.3, -0.25) is 0 Å². The summed E-state index contributed by atoms with van der Waals surface area (Å²) in [5.41, 5.74) is 1.07. The molecule has 0 bridgehead atoms. The summed E-state index contributed by atoms with van der Waals surface area (Å²) < 4.78 is 1.13. The van der Waals surface area contributed by atoms with Crippen molar-refractivity contribution in [1.29, 1.82) is 0 Å². The van der Waals surface area contributed by atoms with Gasteiger partial charge in [0.1, 0.15) is 0 Å². The minimum absolute atomic E-state index is 0.552. The maximum Gasteiger partial charge on any atom is 0.225 e. The third kappa shape index (κ3) is 2.80. The molecule has 0 aromatic carbocycles. The summed E-state index contributed by atoms with van der Waals surface area (Å²) in [5, 5.41) is 3.30. The van der Waals surface area contributed by atoms with Gasteiger partial charge >= 0.3 is 0 Å². The fourth-order valence-electron chi connectivity index (χ4n) is 2.26. The van der Waals surface area contributed by atoms with Crippen LogP contribution in [0.5, 0.6) is 0 Å². The van der Waals surface area contributed by atoms with Gasteiger partial charge in [-0.2, -0.15) is 0 Å². The summed E-state index contributed by atoms with van der Waals surface area (Å²) >= 11 is 5.17. The van der Waals surface area contributed by atoms with Gasteiger partial charge in [-0.05, 0) is 41.5 Å². The van der Waals surface area contributed by atoms with Crippen LogP contribution in [0, 0.1) is 0 Å². The van der Waals surface area contributed by atoms with E-state index in [1.165, 1.54) is 4.88 Å². The van der Waals surface area contributed by atoms with Gasteiger partial charge < -0.3 is 10.2 Å². The molecular weight excluding hydrogens is 324 g/mol. The van der Waals surface area contributed by atoms with E-state index in [1.54, 1.807) is 11.3 Å². The molecule has 1 aliphatic heterocycles. The fourth-order valence-corrected chi connectivity index (χ4v) is 3.62. The van der Waals surface area contributed by atoms with Gasteiger partial charge in [0, 0.05) is 42.0 Å². The van der Waals surface area contributed by atoms with E-state index in [2.05, 4.69) is 42.2 Å². The number of hydrogen-bond donors (Lipinski definition) is 1. The molecular formula is C13H15BrN4S. The molecule has 1 atom stereocenters. The van der Waals surface area contributed by atoms with Crippen LogP contribution in [-0.4, -0.2) is 36.1 Å². The lowest BCUT2D eigenvalue weighted by molar-refractivity contribution is 0.616. The van der Waals surface area contributed by atoms with Gasteiger partial charge in [0.15, 0.2) is 0 Å². The lowest BCUT2D eigenvalue weighted by atomic mass is 10.3. The molecule has 3 rings (SSSR count). The third-order valence-corrected chi connectivity index (χ3v) is 5.05. The van der Waals surface area contributed by atoms with Crippen LogP contribution in [0.15, 0.2) is 28.3 Å². The van der Waals surface area contributed by atoms with E-state index >= 15 is 0 Å². The third-order valence-electron chi connectivity index (χ3n) is 3.38. The normalized spacial score (nSPS) is 19.1. The Morgan fingerprint density at radius 2 is 2.16 bits per heavy atom. The van der Waals surface area contributed by atoms with E-state index in [-0.39, 0.29) is 0 Å². The number of rotatable bonds is 3. The topological polar surface area (TPSA) is 41.0 Å². The second-order valence-corrected chi connectivity index (χ2v) is 7.06. The molecule has 6 heteroatoms. The van der Waals surface area contributed by atoms with Crippen LogP contribution in [0.4, 0.5) is 5.95 Å². The van der Waals surface area contributed by atoms with Crippen LogP contribution in [0.25, 0.3) is 10.4 Å². The van der Waals surface area contributed by atoms with Gasteiger partial charge in [0.05, 0.1) is 3.79 Å². The van der Waals surface area contributed by atoms with Crippen LogP contribution in [-0.2, 0) is 0 Å². The van der Waals surface area contributed by atoms with Gasteiger partial charge in [0.2, 0.25) is 5.95 Å². The number of nitrogens with one attached hydrogen (secondary N) is 1. The average Bonchev–Trinajstić information content (AvgIpc) is 3.07. The van der Waals surface area contributed by atoms with Crippen molar-refractivity contribution in [2.45, 2.75) is 12.5 Å². The number of likely N-dealkylation sites (N-methyl/N-ethyl adjacent to an activating group) is 1. The van der Waals surface area contributed by atoms with Crippen molar-refractivity contribution >= 4 is 33.2 Å². The Morgan fingerprint density at radius 3 is 2.74 bits per heavy atom. The van der Waals surface area contributed by atoms with Crippen molar-refractivity contribution in [2.24, 2.45) is 0 Å². The highest BCUT2D eigenvalue weighted by molar-refractivity contribution is 9.11. The lowest BCUT2D eigenvalue weighted by Crippen LogP contribution is -2.30. The first kappa shape index (κ1) is 13.0. The Labute approximate surface area is 125 Å². The molecule has 1 N–H and O–H groups in total. The number of thiophene rings is 1. The van der Waals surface area contributed by atoms with Crippen molar-refractivity contribution in [3.63, 3.8) is 0 Å². The van der Waals surface area contributed by atoms with Crippen molar-refractivity contribution < 1.29 is 0 Å². The first-order valence-electron chi connectivity index (χ1n) is 6.26. The minimum atomic E-state index is 0.552. The number of halogens is 1. The Balaban J connectivity index is 1.76. The molecule has 0 aliphatic carbocycles. The molecule has 1 saturated heterocycles. The van der Waals surface area contributed by atoms with E-state index < -0.39 is 0 Å². The zero-order valence-electron chi connectivity index (χ0n) is 10.6. The first-order chi connectivity index (χ1) is 9.26. The predicted octanol–water partition coefficient (Wildman–Crippen LogP) is 2.77. The average molecular weight is 339 g/mol. The van der Waals surface area contributed by atoms with Gasteiger partial charge in [-0.25, -0.2) is 9.97 Å². The molecule has 0 spiro atoms. The quantitative estimate of drug-likeness (QED) is 0.934. The van der Waals surface area contributed by atoms with Gasteiger partial charge in [-0.1, -0.05) is 0 Å². The maximum atomic E-state index is 4.49. The van der Waals surface area contributed by atoms with Gasteiger partial charge in [0.25, 0.3) is 0 Å². The zero-order valence-corrected chi connectivity index (χ0v) is 13.0. The molecule has 19 heavy (non-hydrogen) atoms. The fraction of sp³-hybridized carbons (Fsp3) is 0.385. The van der Waals surface area contributed by atoms with E-state index in [9.17, 15) is 0 Å². The van der Waals surface area contributed by atoms with E-state index in [1.807, 2.05) is 25.5 Å². The van der Waals surface area contributed by atoms with Crippen LogP contribution in [0.3, 0.4) is 0 Å². The standard InChI is InChI=1S/C13H15BrN4S/c1-15-10-4-5-18(8-10)13-16-6-9(7-17-13)11-2-3-12(14)19-11/h2-3,6-7,10,15H,4-5,8H2,1H3. The summed E-state index contributed by atoms with van der Waals surface area (Å²) in [4.78, 5) is 12.4. The highest BCUT2D eigenvalue weighted by Gasteiger charge is 2.22. The number of anilines is 1. The van der Waals surface area contributed by atoms with E-state index in [4.69, 9.17) is 0 Å². The number of nitrogens with zero attached hydrogens (tertiary/aromatic N) is 3. The largest absolute Gasteiger partial charge is 0.339 e.